The van der Waals surface area contributed by atoms with Crippen LogP contribution in [0, 0.1) is 6.92 Å². The lowest BCUT2D eigenvalue weighted by molar-refractivity contribution is 0.0519. The topological polar surface area (TPSA) is 51.2 Å². The number of rotatable bonds is 5. The first-order valence-corrected chi connectivity index (χ1v) is 7.84. The maximum absolute atomic E-state index is 11.7. The van der Waals surface area contributed by atoms with Gasteiger partial charge in [-0.15, -0.1) is 11.3 Å². The van der Waals surface area contributed by atoms with E-state index < -0.39 is 0 Å². The van der Waals surface area contributed by atoms with Crippen LogP contribution >= 0.6 is 27.3 Å². The fourth-order valence-corrected chi connectivity index (χ4v) is 2.90. The third kappa shape index (κ3) is 3.58. The van der Waals surface area contributed by atoms with Crippen molar-refractivity contribution in [1.82, 2.24) is 4.98 Å². The van der Waals surface area contributed by atoms with Gasteiger partial charge in [-0.25, -0.2) is 9.78 Å². The second kappa shape index (κ2) is 6.85. The highest BCUT2D eigenvalue weighted by Gasteiger charge is 2.16. The molecule has 2 rings (SSSR count). The first kappa shape index (κ1) is 15.0. The summed E-state index contributed by atoms with van der Waals surface area (Å²) in [6.07, 6.45) is 0. The molecule has 0 bridgehead atoms. The average molecular weight is 355 g/mol. The van der Waals surface area contributed by atoms with Gasteiger partial charge in [0.05, 0.1) is 6.61 Å². The maximum Gasteiger partial charge on any atom is 0.358 e. The number of carbonyl (C=O) groups excluding carboxylic acids is 1. The number of hydrogen-bond acceptors (Lipinski definition) is 5. The molecule has 0 aliphatic heterocycles. The number of carbonyl (C=O) groups is 1. The molecule has 0 amide bonds. The SMILES string of the molecule is CCOC(=O)c1nc(NCc2ccccc2Br)sc1C. The Hall–Kier alpha value is -1.40. The minimum atomic E-state index is -0.366. The van der Waals surface area contributed by atoms with Gasteiger partial charge >= 0.3 is 5.97 Å². The highest BCUT2D eigenvalue weighted by atomic mass is 79.9. The van der Waals surface area contributed by atoms with E-state index in [0.717, 1.165) is 20.0 Å². The van der Waals surface area contributed by atoms with Crippen LogP contribution in [-0.2, 0) is 11.3 Å². The number of esters is 1. The molecule has 0 aliphatic carbocycles. The number of anilines is 1. The first-order chi connectivity index (χ1) is 9.61. The third-order valence-electron chi connectivity index (χ3n) is 2.65. The van der Waals surface area contributed by atoms with Crippen molar-refractivity contribution in [2.24, 2.45) is 0 Å². The summed E-state index contributed by atoms with van der Waals surface area (Å²) in [5, 5.41) is 3.95. The number of benzene rings is 1. The van der Waals surface area contributed by atoms with Crippen molar-refractivity contribution in [3.05, 3.63) is 44.9 Å². The second-order valence-corrected chi connectivity index (χ2v) is 6.15. The van der Waals surface area contributed by atoms with Gasteiger partial charge < -0.3 is 10.1 Å². The van der Waals surface area contributed by atoms with E-state index in [1.165, 1.54) is 11.3 Å². The molecule has 0 saturated heterocycles. The van der Waals surface area contributed by atoms with Crippen LogP contribution in [0.3, 0.4) is 0 Å². The number of nitrogens with one attached hydrogen (secondary N) is 1. The Balaban J connectivity index is 2.06. The molecule has 0 fully saturated rings. The Kier molecular flexibility index (Phi) is 5.14. The molecule has 2 aromatic rings. The average Bonchev–Trinajstić information content (AvgIpc) is 2.79. The predicted molar refractivity (Wildman–Crippen MR) is 84.3 cm³/mol. The number of thiazole rings is 1. The van der Waals surface area contributed by atoms with Gasteiger partial charge in [0.2, 0.25) is 0 Å². The standard InChI is InChI=1S/C14H15BrN2O2S/c1-3-19-13(18)12-9(2)20-14(17-12)16-8-10-6-4-5-7-11(10)15/h4-7H,3,8H2,1-2H3,(H,16,17). The Morgan fingerprint density at radius 1 is 1.45 bits per heavy atom. The summed E-state index contributed by atoms with van der Waals surface area (Å²) < 4.78 is 6.02. The smallest absolute Gasteiger partial charge is 0.358 e. The van der Waals surface area contributed by atoms with Gasteiger partial charge in [-0.1, -0.05) is 34.1 Å². The minimum absolute atomic E-state index is 0.357. The zero-order valence-electron chi connectivity index (χ0n) is 11.3. The van der Waals surface area contributed by atoms with E-state index in [9.17, 15) is 4.79 Å². The molecule has 20 heavy (non-hydrogen) atoms. The molecular formula is C14H15BrN2O2S. The number of aryl methyl sites for hydroxylation is 1. The molecule has 1 N–H and O–H groups in total. The molecule has 1 aromatic carbocycles. The van der Waals surface area contributed by atoms with E-state index in [-0.39, 0.29) is 5.97 Å². The van der Waals surface area contributed by atoms with E-state index in [0.29, 0.717) is 18.8 Å². The van der Waals surface area contributed by atoms with Crippen molar-refractivity contribution >= 4 is 38.4 Å². The summed E-state index contributed by atoms with van der Waals surface area (Å²) in [6, 6.07) is 7.98. The highest BCUT2D eigenvalue weighted by molar-refractivity contribution is 9.10. The molecule has 4 nitrogen and oxygen atoms in total. The summed E-state index contributed by atoms with van der Waals surface area (Å²) >= 11 is 4.96. The van der Waals surface area contributed by atoms with Crippen molar-refractivity contribution < 1.29 is 9.53 Å². The van der Waals surface area contributed by atoms with E-state index in [1.54, 1.807) is 6.92 Å². The molecule has 0 radical (unpaired) electrons. The predicted octanol–water partition coefficient (Wildman–Crippen LogP) is 4.00. The van der Waals surface area contributed by atoms with E-state index >= 15 is 0 Å². The van der Waals surface area contributed by atoms with E-state index in [2.05, 4.69) is 26.2 Å². The Bertz CT molecular complexity index is 613. The Morgan fingerprint density at radius 3 is 2.90 bits per heavy atom. The van der Waals surface area contributed by atoms with Crippen LogP contribution in [0.15, 0.2) is 28.7 Å². The lowest BCUT2D eigenvalue weighted by Gasteiger charge is -2.04. The summed E-state index contributed by atoms with van der Waals surface area (Å²) in [5.41, 5.74) is 1.53. The minimum Gasteiger partial charge on any atom is -0.461 e. The monoisotopic (exact) mass is 354 g/mol. The number of halogens is 1. The largest absolute Gasteiger partial charge is 0.461 e. The number of nitrogens with zero attached hydrogens (tertiary/aromatic N) is 1. The Morgan fingerprint density at radius 2 is 2.20 bits per heavy atom. The van der Waals surface area contributed by atoms with Crippen LogP contribution in [0.2, 0.25) is 0 Å². The molecule has 1 heterocycles. The van der Waals surface area contributed by atoms with Crippen molar-refractivity contribution in [1.29, 1.82) is 0 Å². The molecule has 0 atom stereocenters. The lowest BCUT2D eigenvalue weighted by Crippen LogP contribution is -2.07. The van der Waals surface area contributed by atoms with Gasteiger partial charge in [0.25, 0.3) is 0 Å². The quantitative estimate of drug-likeness (QED) is 0.824. The Labute approximate surface area is 130 Å². The van der Waals surface area contributed by atoms with Gasteiger partial charge in [-0.2, -0.15) is 0 Å². The second-order valence-electron chi connectivity index (χ2n) is 4.09. The molecular weight excluding hydrogens is 340 g/mol. The third-order valence-corrected chi connectivity index (χ3v) is 4.36. The van der Waals surface area contributed by atoms with Crippen LogP contribution in [0.1, 0.15) is 27.9 Å². The van der Waals surface area contributed by atoms with Gasteiger partial charge in [0, 0.05) is 15.9 Å². The van der Waals surface area contributed by atoms with Gasteiger partial charge in [0.1, 0.15) is 0 Å². The van der Waals surface area contributed by atoms with Gasteiger partial charge in [0.15, 0.2) is 10.8 Å². The zero-order chi connectivity index (χ0) is 14.5. The first-order valence-electron chi connectivity index (χ1n) is 6.23. The van der Waals surface area contributed by atoms with Crippen LogP contribution in [0.25, 0.3) is 0 Å². The highest BCUT2D eigenvalue weighted by Crippen LogP contribution is 2.24. The van der Waals surface area contributed by atoms with Crippen molar-refractivity contribution in [2.75, 3.05) is 11.9 Å². The van der Waals surface area contributed by atoms with Crippen molar-refractivity contribution in [3.8, 4) is 0 Å². The zero-order valence-corrected chi connectivity index (χ0v) is 13.7. The molecule has 1 aromatic heterocycles. The van der Waals surface area contributed by atoms with Crippen LogP contribution in [0.5, 0.6) is 0 Å². The van der Waals surface area contributed by atoms with Gasteiger partial charge in [-0.3, -0.25) is 0 Å². The molecule has 0 spiro atoms. The van der Waals surface area contributed by atoms with Crippen molar-refractivity contribution in [3.63, 3.8) is 0 Å². The molecule has 0 unspecified atom stereocenters. The number of hydrogen-bond donors (Lipinski definition) is 1. The van der Waals surface area contributed by atoms with Gasteiger partial charge in [-0.05, 0) is 25.5 Å². The molecule has 0 saturated carbocycles. The van der Waals surface area contributed by atoms with E-state index in [4.69, 9.17) is 4.74 Å². The van der Waals surface area contributed by atoms with Crippen LogP contribution in [0.4, 0.5) is 5.13 Å². The normalized spacial score (nSPS) is 10.3. The van der Waals surface area contributed by atoms with Crippen LogP contribution in [-0.4, -0.2) is 17.6 Å². The molecule has 106 valence electrons. The summed E-state index contributed by atoms with van der Waals surface area (Å²) in [4.78, 5) is 16.8. The fourth-order valence-electron chi connectivity index (χ4n) is 1.67. The van der Waals surface area contributed by atoms with Crippen molar-refractivity contribution in [2.45, 2.75) is 20.4 Å². The number of aromatic nitrogens is 1. The number of ether oxygens (including phenoxy) is 1. The van der Waals surface area contributed by atoms with Crippen LogP contribution < -0.4 is 5.32 Å². The summed E-state index contributed by atoms with van der Waals surface area (Å²) in [6.45, 7) is 4.66. The summed E-state index contributed by atoms with van der Waals surface area (Å²) in [5.74, 6) is -0.366. The lowest BCUT2D eigenvalue weighted by atomic mass is 10.2. The maximum atomic E-state index is 11.7. The molecule has 0 aliphatic rings. The summed E-state index contributed by atoms with van der Waals surface area (Å²) in [7, 11) is 0. The van der Waals surface area contributed by atoms with E-state index in [1.807, 2.05) is 31.2 Å². The molecule has 6 heteroatoms. The fraction of sp³-hybridized carbons (Fsp3) is 0.286.